The lowest BCUT2D eigenvalue weighted by Gasteiger charge is -2.10. The number of carbonyl (C=O) groups excluding carboxylic acids is 1. The summed E-state index contributed by atoms with van der Waals surface area (Å²) in [5.74, 6) is 1.27. The fourth-order valence-electron chi connectivity index (χ4n) is 3.15. The highest BCUT2D eigenvalue weighted by Gasteiger charge is 2.06. The lowest BCUT2D eigenvalue weighted by molar-refractivity contribution is -0.111. The van der Waals surface area contributed by atoms with Crippen LogP contribution in [0.25, 0.3) is 17.2 Å². The topological polar surface area (TPSA) is 56.8 Å². The molecule has 0 saturated heterocycles. The van der Waals surface area contributed by atoms with E-state index in [1.165, 1.54) is 6.08 Å². The molecule has 0 bridgehead atoms. The van der Waals surface area contributed by atoms with Gasteiger partial charge in [0.2, 0.25) is 5.91 Å². The minimum absolute atomic E-state index is 0.223. The Kier molecular flexibility index (Phi) is 9.42. The summed E-state index contributed by atoms with van der Waals surface area (Å²) < 4.78 is 16.6. The maximum atomic E-state index is 12.3. The van der Waals surface area contributed by atoms with Gasteiger partial charge in [0.15, 0.2) is 0 Å². The van der Waals surface area contributed by atoms with Crippen molar-refractivity contribution < 1.29 is 19.0 Å². The van der Waals surface area contributed by atoms with Crippen LogP contribution in [0.2, 0.25) is 0 Å². The molecular weight excluding hydrogens is 434 g/mol. The van der Waals surface area contributed by atoms with Crippen LogP contribution in [0.3, 0.4) is 0 Å². The molecule has 0 aliphatic carbocycles. The van der Waals surface area contributed by atoms with Gasteiger partial charge in [-0.3, -0.25) is 4.79 Å². The molecule has 3 rings (SSSR count). The van der Waals surface area contributed by atoms with E-state index < -0.39 is 0 Å². The van der Waals surface area contributed by atoms with Gasteiger partial charge in [0.25, 0.3) is 0 Å². The zero-order valence-electron chi connectivity index (χ0n) is 18.9. The summed E-state index contributed by atoms with van der Waals surface area (Å²) in [6, 6.07) is 21.0. The zero-order chi connectivity index (χ0) is 23.5. The van der Waals surface area contributed by atoms with Gasteiger partial charge >= 0.3 is 0 Å². The minimum atomic E-state index is -0.223. The number of ether oxygens (including phenoxy) is 3. The number of anilines is 1. The molecule has 3 aromatic rings. The number of benzene rings is 3. The SMILES string of the molecule is CCCOCCOc1ccc(-c2ccc(OC)c(/C=C/C(=O)Nc3ccc(S)cc3)c2)cc1. The Labute approximate surface area is 200 Å². The van der Waals surface area contributed by atoms with Crippen molar-refractivity contribution >= 4 is 30.3 Å². The Morgan fingerprint density at radius 3 is 2.36 bits per heavy atom. The average molecular weight is 464 g/mol. The fraction of sp³-hybridized carbons (Fsp3) is 0.222. The van der Waals surface area contributed by atoms with Gasteiger partial charge in [-0.25, -0.2) is 0 Å². The molecule has 1 N–H and O–H groups in total. The molecule has 0 saturated carbocycles. The third-order valence-electron chi connectivity index (χ3n) is 4.81. The van der Waals surface area contributed by atoms with E-state index in [0.717, 1.165) is 40.4 Å². The molecule has 0 fully saturated rings. The Morgan fingerprint density at radius 2 is 1.67 bits per heavy atom. The summed E-state index contributed by atoms with van der Waals surface area (Å²) >= 11 is 4.25. The molecule has 0 spiro atoms. The molecule has 172 valence electrons. The first-order valence-corrected chi connectivity index (χ1v) is 11.3. The Morgan fingerprint density at radius 1 is 0.939 bits per heavy atom. The van der Waals surface area contributed by atoms with E-state index >= 15 is 0 Å². The van der Waals surface area contributed by atoms with Crippen LogP contribution in [-0.4, -0.2) is 32.8 Å². The van der Waals surface area contributed by atoms with Gasteiger partial charge in [0, 0.05) is 28.8 Å². The molecule has 33 heavy (non-hydrogen) atoms. The van der Waals surface area contributed by atoms with Gasteiger partial charge in [-0.15, -0.1) is 12.6 Å². The van der Waals surface area contributed by atoms with E-state index in [1.807, 2.05) is 54.6 Å². The molecule has 0 aliphatic heterocycles. The summed E-state index contributed by atoms with van der Waals surface area (Å²) in [4.78, 5) is 13.2. The quantitative estimate of drug-likeness (QED) is 0.205. The van der Waals surface area contributed by atoms with E-state index in [1.54, 1.807) is 25.3 Å². The molecule has 0 aromatic heterocycles. The van der Waals surface area contributed by atoms with Crippen molar-refractivity contribution in [2.24, 2.45) is 0 Å². The molecule has 0 heterocycles. The van der Waals surface area contributed by atoms with Crippen molar-refractivity contribution in [3.8, 4) is 22.6 Å². The van der Waals surface area contributed by atoms with Crippen molar-refractivity contribution in [3.05, 3.63) is 78.4 Å². The molecule has 1 amide bonds. The maximum absolute atomic E-state index is 12.3. The molecule has 0 aliphatic rings. The zero-order valence-corrected chi connectivity index (χ0v) is 19.8. The highest BCUT2D eigenvalue weighted by Crippen LogP contribution is 2.29. The maximum Gasteiger partial charge on any atom is 0.248 e. The number of methoxy groups -OCH3 is 1. The van der Waals surface area contributed by atoms with Crippen LogP contribution in [-0.2, 0) is 9.53 Å². The molecule has 3 aromatic carbocycles. The van der Waals surface area contributed by atoms with E-state index in [2.05, 4.69) is 24.9 Å². The number of hydrogen-bond acceptors (Lipinski definition) is 5. The van der Waals surface area contributed by atoms with Crippen molar-refractivity contribution in [2.75, 3.05) is 32.2 Å². The standard InChI is InChI=1S/C27H29NO4S/c1-3-16-31-17-18-32-24-10-4-20(5-11-24)21-6-14-26(30-2)22(19-21)7-15-27(29)28-23-8-12-25(33)13-9-23/h4-15,19,33H,3,16-18H2,1-2H3,(H,28,29)/b15-7+. The van der Waals surface area contributed by atoms with Gasteiger partial charge in [-0.2, -0.15) is 0 Å². The highest BCUT2D eigenvalue weighted by atomic mass is 32.1. The average Bonchev–Trinajstić information content (AvgIpc) is 2.84. The normalized spacial score (nSPS) is 10.9. The van der Waals surface area contributed by atoms with E-state index in [9.17, 15) is 4.79 Å². The Hall–Kier alpha value is -3.22. The van der Waals surface area contributed by atoms with Crippen LogP contribution >= 0.6 is 12.6 Å². The second-order valence-corrected chi connectivity index (χ2v) is 7.83. The minimum Gasteiger partial charge on any atom is -0.496 e. The largest absolute Gasteiger partial charge is 0.496 e. The summed E-state index contributed by atoms with van der Waals surface area (Å²) in [7, 11) is 1.61. The van der Waals surface area contributed by atoms with Gasteiger partial charge in [-0.1, -0.05) is 25.1 Å². The second kappa shape index (κ2) is 12.7. The summed E-state index contributed by atoms with van der Waals surface area (Å²) in [6.45, 7) is 3.94. The predicted octanol–water partition coefficient (Wildman–Crippen LogP) is 6.11. The summed E-state index contributed by atoms with van der Waals surface area (Å²) in [6.07, 6.45) is 4.24. The number of hydrogen-bond donors (Lipinski definition) is 2. The third kappa shape index (κ3) is 7.70. The number of amides is 1. The summed E-state index contributed by atoms with van der Waals surface area (Å²) in [5, 5.41) is 2.83. The molecule has 6 heteroatoms. The van der Waals surface area contributed by atoms with Crippen LogP contribution in [0, 0.1) is 0 Å². The number of thiol groups is 1. The van der Waals surface area contributed by atoms with Crippen molar-refractivity contribution in [3.63, 3.8) is 0 Å². The highest BCUT2D eigenvalue weighted by molar-refractivity contribution is 7.80. The second-order valence-electron chi connectivity index (χ2n) is 7.31. The molecule has 0 atom stereocenters. The number of carbonyl (C=O) groups is 1. The molecule has 0 radical (unpaired) electrons. The molecule has 0 unspecified atom stereocenters. The summed E-state index contributed by atoms with van der Waals surface area (Å²) in [5.41, 5.74) is 3.57. The van der Waals surface area contributed by atoms with Gasteiger partial charge in [0.1, 0.15) is 18.1 Å². The smallest absolute Gasteiger partial charge is 0.248 e. The van der Waals surface area contributed by atoms with Crippen LogP contribution in [0.1, 0.15) is 18.9 Å². The van der Waals surface area contributed by atoms with Gasteiger partial charge in [-0.05, 0) is 72.2 Å². The molecule has 5 nitrogen and oxygen atoms in total. The van der Waals surface area contributed by atoms with Crippen molar-refractivity contribution in [1.29, 1.82) is 0 Å². The third-order valence-corrected chi connectivity index (χ3v) is 5.11. The van der Waals surface area contributed by atoms with Crippen LogP contribution in [0.15, 0.2) is 77.7 Å². The van der Waals surface area contributed by atoms with E-state index in [0.29, 0.717) is 24.7 Å². The Bertz CT molecular complexity index is 1060. The van der Waals surface area contributed by atoms with Crippen molar-refractivity contribution in [2.45, 2.75) is 18.2 Å². The number of rotatable bonds is 11. The van der Waals surface area contributed by atoms with Gasteiger partial charge in [0.05, 0.1) is 13.7 Å². The van der Waals surface area contributed by atoms with E-state index in [4.69, 9.17) is 14.2 Å². The van der Waals surface area contributed by atoms with Crippen LogP contribution in [0.5, 0.6) is 11.5 Å². The molecular formula is C27H29NO4S. The van der Waals surface area contributed by atoms with Crippen molar-refractivity contribution in [1.82, 2.24) is 0 Å². The lowest BCUT2D eigenvalue weighted by Crippen LogP contribution is -2.07. The lowest BCUT2D eigenvalue weighted by atomic mass is 10.0. The fourth-order valence-corrected chi connectivity index (χ4v) is 3.30. The van der Waals surface area contributed by atoms with E-state index in [-0.39, 0.29) is 5.91 Å². The number of nitrogens with one attached hydrogen (secondary N) is 1. The monoisotopic (exact) mass is 463 g/mol. The first kappa shape index (κ1) is 24.4. The predicted molar refractivity (Wildman–Crippen MR) is 136 cm³/mol. The first-order valence-electron chi connectivity index (χ1n) is 10.9. The first-order chi connectivity index (χ1) is 16.1. The van der Waals surface area contributed by atoms with Gasteiger partial charge < -0.3 is 19.5 Å². The van der Waals surface area contributed by atoms with Crippen LogP contribution in [0.4, 0.5) is 5.69 Å². The van der Waals surface area contributed by atoms with Crippen LogP contribution < -0.4 is 14.8 Å². The Balaban J connectivity index is 1.66.